The summed E-state index contributed by atoms with van der Waals surface area (Å²) in [6, 6.07) is 7.94. The molecule has 0 saturated carbocycles. The van der Waals surface area contributed by atoms with Gasteiger partial charge in [-0.25, -0.2) is 0 Å². The molecule has 3 heteroatoms. The lowest BCUT2D eigenvalue weighted by Gasteiger charge is -2.06. The van der Waals surface area contributed by atoms with Crippen LogP contribution < -0.4 is 10.1 Å². The molecule has 0 amide bonds. The summed E-state index contributed by atoms with van der Waals surface area (Å²) in [7, 11) is 0. The Balaban J connectivity index is 2.10. The van der Waals surface area contributed by atoms with Crippen molar-refractivity contribution in [1.82, 2.24) is 5.32 Å². The Labute approximate surface area is 100 Å². The van der Waals surface area contributed by atoms with Crippen LogP contribution in [0.3, 0.4) is 0 Å². The maximum absolute atomic E-state index is 5.60. The van der Waals surface area contributed by atoms with Crippen molar-refractivity contribution < 1.29 is 4.74 Å². The molecule has 0 saturated heterocycles. The third-order valence-corrected chi connectivity index (χ3v) is 2.48. The zero-order valence-electron chi connectivity index (χ0n) is 9.13. The molecule has 0 heterocycles. The van der Waals surface area contributed by atoms with E-state index >= 15 is 0 Å². The fraction of sp³-hybridized carbons (Fsp3) is 0.500. The minimum absolute atomic E-state index is 0.771. The largest absolute Gasteiger partial charge is 0.494 e. The van der Waals surface area contributed by atoms with Gasteiger partial charge in [0.05, 0.1) is 6.61 Å². The smallest absolute Gasteiger partial charge is 0.120 e. The Kier molecular flexibility index (Phi) is 6.44. The Morgan fingerprint density at radius 1 is 1.33 bits per heavy atom. The molecule has 0 aliphatic heterocycles. The first-order valence-corrected chi connectivity index (χ1v) is 6.21. The molecule has 1 N–H and O–H groups in total. The summed E-state index contributed by atoms with van der Waals surface area (Å²) >= 11 is 3.41. The molecule has 0 radical (unpaired) electrons. The molecular formula is C12H18BrNO. The lowest BCUT2D eigenvalue weighted by molar-refractivity contribution is 0.308. The van der Waals surface area contributed by atoms with Crippen LogP contribution in [0, 0.1) is 0 Å². The van der Waals surface area contributed by atoms with Crippen molar-refractivity contribution in [2.24, 2.45) is 0 Å². The topological polar surface area (TPSA) is 21.3 Å². The summed E-state index contributed by atoms with van der Waals surface area (Å²) in [6.07, 6.45) is 2.24. The number of rotatable bonds is 7. The normalized spacial score (nSPS) is 10.3. The van der Waals surface area contributed by atoms with Crippen molar-refractivity contribution in [3.8, 4) is 5.75 Å². The summed E-state index contributed by atoms with van der Waals surface area (Å²) in [5.74, 6) is 0.930. The Bertz CT molecular complexity index is 278. The lowest BCUT2D eigenvalue weighted by atomic mass is 10.3. The van der Waals surface area contributed by atoms with Crippen LogP contribution in [0.4, 0.5) is 0 Å². The molecular weight excluding hydrogens is 254 g/mol. The van der Waals surface area contributed by atoms with Crippen LogP contribution in [0.25, 0.3) is 0 Å². The molecule has 1 rings (SSSR count). The van der Waals surface area contributed by atoms with E-state index in [4.69, 9.17) is 4.74 Å². The number of halogens is 1. The first kappa shape index (κ1) is 12.5. The van der Waals surface area contributed by atoms with E-state index in [1.807, 2.05) is 24.3 Å². The maximum atomic E-state index is 5.60. The number of benzene rings is 1. The predicted octanol–water partition coefficient (Wildman–Crippen LogP) is 3.22. The summed E-state index contributed by atoms with van der Waals surface area (Å²) in [5.41, 5.74) is 0. The highest BCUT2D eigenvalue weighted by Gasteiger charge is 1.94. The van der Waals surface area contributed by atoms with E-state index in [0.717, 1.165) is 36.3 Å². The van der Waals surface area contributed by atoms with Crippen molar-refractivity contribution in [3.05, 3.63) is 28.7 Å². The van der Waals surface area contributed by atoms with E-state index in [9.17, 15) is 0 Å². The van der Waals surface area contributed by atoms with E-state index in [2.05, 4.69) is 28.2 Å². The van der Waals surface area contributed by atoms with Crippen molar-refractivity contribution in [3.63, 3.8) is 0 Å². The third-order valence-electron chi connectivity index (χ3n) is 1.99. The molecule has 1 aromatic carbocycles. The standard InChI is InChI=1S/C12H18BrNO/c1-2-7-14-8-4-9-15-12-6-3-5-11(13)10-12/h3,5-6,10,14H,2,4,7-9H2,1H3. The SMILES string of the molecule is CCCNCCCOc1cccc(Br)c1. The molecule has 0 aromatic heterocycles. The van der Waals surface area contributed by atoms with E-state index in [1.54, 1.807) is 0 Å². The summed E-state index contributed by atoms with van der Waals surface area (Å²) in [4.78, 5) is 0. The fourth-order valence-corrected chi connectivity index (χ4v) is 1.62. The minimum atomic E-state index is 0.771. The molecule has 0 unspecified atom stereocenters. The second-order valence-electron chi connectivity index (χ2n) is 3.41. The van der Waals surface area contributed by atoms with Gasteiger partial charge in [-0.2, -0.15) is 0 Å². The van der Waals surface area contributed by atoms with Crippen molar-refractivity contribution in [2.45, 2.75) is 19.8 Å². The maximum Gasteiger partial charge on any atom is 0.120 e. The highest BCUT2D eigenvalue weighted by Crippen LogP contribution is 2.17. The highest BCUT2D eigenvalue weighted by atomic mass is 79.9. The Morgan fingerprint density at radius 2 is 2.20 bits per heavy atom. The van der Waals surface area contributed by atoms with Gasteiger partial charge in [0, 0.05) is 4.47 Å². The van der Waals surface area contributed by atoms with Crippen LogP contribution in [-0.4, -0.2) is 19.7 Å². The van der Waals surface area contributed by atoms with Gasteiger partial charge in [0.2, 0.25) is 0 Å². The fourth-order valence-electron chi connectivity index (χ4n) is 1.25. The number of hydrogen-bond acceptors (Lipinski definition) is 2. The van der Waals surface area contributed by atoms with E-state index < -0.39 is 0 Å². The second-order valence-corrected chi connectivity index (χ2v) is 4.33. The average Bonchev–Trinajstić information content (AvgIpc) is 2.23. The van der Waals surface area contributed by atoms with Gasteiger partial charge in [0.25, 0.3) is 0 Å². The zero-order chi connectivity index (χ0) is 10.9. The predicted molar refractivity (Wildman–Crippen MR) is 67.4 cm³/mol. The van der Waals surface area contributed by atoms with Gasteiger partial charge in [-0.05, 0) is 44.1 Å². The van der Waals surface area contributed by atoms with E-state index in [-0.39, 0.29) is 0 Å². The van der Waals surface area contributed by atoms with Gasteiger partial charge in [0.1, 0.15) is 5.75 Å². The van der Waals surface area contributed by atoms with Gasteiger partial charge in [0.15, 0.2) is 0 Å². The first-order chi connectivity index (χ1) is 7.33. The molecule has 2 nitrogen and oxygen atoms in total. The van der Waals surface area contributed by atoms with Crippen LogP contribution in [0.2, 0.25) is 0 Å². The molecule has 0 spiro atoms. The molecule has 1 aromatic rings. The molecule has 84 valence electrons. The number of ether oxygens (including phenoxy) is 1. The zero-order valence-corrected chi connectivity index (χ0v) is 10.7. The van der Waals surface area contributed by atoms with Crippen molar-refractivity contribution in [1.29, 1.82) is 0 Å². The van der Waals surface area contributed by atoms with Gasteiger partial charge in [-0.15, -0.1) is 0 Å². The Hall–Kier alpha value is -0.540. The van der Waals surface area contributed by atoms with Crippen LogP contribution in [0.15, 0.2) is 28.7 Å². The van der Waals surface area contributed by atoms with Crippen LogP contribution in [-0.2, 0) is 0 Å². The van der Waals surface area contributed by atoms with Crippen molar-refractivity contribution in [2.75, 3.05) is 19.7 Å². The van der Waals surface area contributed by atoms with Crippen molar-refractivity contribution >= 4 is 15.9 Å². The van der Waals surface area contributed by atoms with Gasteiger partial charge in [-0.1, -0.05) is 28.9 Å². The second kappa shape index (κ2) is 7.71. The monoisotopic (exact) mass is 271 g/mol. The minimum Gasteiger partial charge on any atom is -0.494 e. The molecule has 0 atom stereocenters. The summed E-state index contributed by atoms with van der Waals surface area (Å²) in [6.45, 7) is 5.07. The van der Waals surface area contributed by atoms with E-state index in [0.29, 0.717) is 0 Å². The number of hydrogen-bond donors (Lipinski definition) is 1. The van der Waals surface area contributed by atoms with Gasteiger partial charge in [-0.3, -0.25) is 0 Å². The quantitative estimate of drug-likeness (QED) is 0.769. The summed E-state index contributed by atoms with van der Waals surface area (Å²) < 4.78 is 6.66. The lowest BCUT2D eigenvalue weighted by Crippen LogP contribution is -2.17. The molecule has 0 aliphatic rings. The molecule has 0 fully saturated rings. The average molecular weight is 272 g/mol. The first-order valence-electron chi connectivity index (χ1n) is 5.42. The van der Waals surface area contributed by atoms with Gasteiger partial charge >= 0.3 is 0 Å². The number of nitrogens with one attached hydrogen (secondary N) is 1. The third kappa shape index (κ3) is 5.80. The molecule has 0 bridgehead atoms. The van der Waals surface area contributed by atoms with Crippen LogP contribution in [0.5, 0.6) is 5.75 Å². The van der Waals surface area contributed by atoms with E-state index in [1.165, 1.54) is 6.42 Å². The van der Waals surface area contributed by atoms with Crippen LogP contribution >= 0.6 is 15.9 Å². The van der Waals surface area contributed by atoms with Gasteiger partial charge < -0.3 is 10.1 Å². The summed E-state index contributed by atoms with van der Waals surface area (Å²) in [5, 5.41) is 3.34. The highest BCUT2D eigenvalue weighted by molar-refractivity contribution is 9.10. The molecule has 15 heavy (non-hydrogen) atoms. The Morgan fingerprint density at radius 3 is 2.93 bits per heavy atom. The molecule has 0 aliphatic carbocycles. The van der Waals surface area contributed by atoms with Crippen LogP contribution in [0.1, 0.15) is 19.8 Å².